The quantitative estimate of drug-likeness (QED) is 0.681. The molecular formula is C18H24O5S. The van der Waals surface area contributed by atoms with Crippen molar-refractivity contribution in [1.29, 1.82) is 0 Å². The zero-order valence-corrected chi connectivity index (χ0v) is 14.8. The maximum atomic E-state index is 12.0. The monoisotopic (exact) mass is 352 g/mol. The number of aliphatic hydroxyl groups excluding tert-OH is 2. The molecule has 0 amide bonds. The summed E-state index contributed by atoms with van der Waals surface area (Å²) < 4.78 is 24.0. The van der Waals surface area contributed by atoms with Crippen molar-refractivity contribution in [3.05, 3.63) is 46.5 Å². The van der Waals surface area contributed by atoms with E-state index in [1.165, 1.54) is 0 Å². The predicted molar refractivity (Wildman–Crippen MR) is 94.4 cm³/mol. The highest BCUT2D eigenvalue weighted by atomic mass is 32.2. The molecule has 0 fully saturated rings. The fourth-order valence-corrected chi connectivity index (χ4v) is 5.08. The number of aromatic hydroxyl groups is 1. The standard InChI is InChI=1S/C18H24O5S/c1-12(9-14-5-3-4-6-15(14)20)7-8-16(21)18-13(2)11-24(22,23)17(18)10-19/h3-6,9,16-17,19-21H,7-8,10-11H2,1-2H3/b12-9+/t16-,17+/m1/s1. The van der Waals surface area contributed by atoms with Gasteiger partial charge in [0.1, 0.15) is 11.0 Å². The molecule has 0 bridgehead atoms. The van der Waals surface area contributed by atoms with Crippen molar-refractivity contribution in [1.82, 2.24) is 0 Å². The number of benzene rings is 1. The lowest BCUT2D eigenvalue weighted by atomic mass is 9.96. The predicted octanol–water partition coefficient (Wildman–Crippen LogP) is 2.04. The molecule has 0 spiro atoms. The zero-order chi connectivity index (χ0) is 17.9. The Bertz CT molecular complexity index is 761. The molecule has 0 unspecified atom stereocenters. The van der Waals surface area contributed by atoms with E-state index < -0.39 is 27.8 Å². The van der Waals surface area contributed by atoms with E-state index in [2.05, 4.69) is 0 Å². The van der Waals surface area contributed by atoms with Crippen molar-refractivity contribution in [3.8, 4) is 5.75 Å². The molecule has 3 N–H and O–H groups in total. The molecule has 24 heavy (non-hydrogen) atoms. The summed E-state index contributed by atoms with van der Waals surface area (Å²) in [5, 5.41) is 28.6. The molecule has 0 aliphatic carbocycles. The minimum Gasteiger partial charge on any atom is -0.507 e. The zero-order valence-electron chi connectivity index (χ0n) is 13.9. The molecule has 2 atom stereocenters. The SMILES string of the molecule is CC1=C([C@H](O)CC/C(C)=C/c2ccccc2O)[C@H](CO)S(=O)(=O)C1. The van der Waals surface area contributed by atoms with Crippen LogP contribution in [0, 0.1) is 0 Å². The van der Waals surface area contributed by atoms with E-state index in [4.69, 9.17) is 0 Å². The van der Waals surface area contributed by atoms with E-state index in [0.29, 0.717) is 29.6 Å². The summed E-state index contributed by atoms with van der Waals surface area (Å²) in [6.07, 6.45) is 1.88. The molecule has 5 nitrogen and oxygen atoms in total. The molecule has 1 aromatic rings. The highest BCUT2D eigenvalue weighted by Gasteiger charge is 2.39. The minimum absolute atomic E-state index is 0.0999. The van der Waals surface area contributed by atoms with Gasteiger partial charge in [0.2, 0.25) is 0 Å². The fourth-order valence-electron chi connectivity index (χ4n) is 3.13. The summed E-state index contributed by atoms with van der Waals surface area (Å²) in [7, 11) is -3.41. The largest absolute Gasteiger partial charge is 0.507 e. The van der Waals surface area contributed by atoms with Crippen molar-refractivity contribution in [3.63, 3.8) is 0 Å². The molecule has 6 heteroatoms. The summed E-state index contributed by atoms with van der Waals surface area (Å²) >= 11 is 0. The fraction of sp³-hybridized carbons (Fsp3) is 0.444. The van der Waals surface area contributed by atoms with Gasteiger partial charge < -0.3 is 15.3 Å². The second kappa shape index (κ2) is 7.51. The average Bonchev–Trinajstić information content (AvgIpc) is 2.75. The van der Waals surface area contributed by atoms with Crippen LogP contribution in [-0.4, -0.2) is 47.5 Å². The lowest BCUT2D eigenvalue weighted by molar-refractivity contribution is 0.189. The number of sulfone groups is 1. The summed E-state index contributed by atoms with van der Waals surface area (Å²) in [4.78, 5) is 0. The highest BCUT2D eigenvalue weighted by molar-refractivity contribution is 7.92. The molecule has 1 aromatic carbocycles. The van der Waals surface area contributed by atoms with Crippen LogP contribution in [0.15, 0.2) is 41.0 Å². The van der Waals surface area contributed by atoms with Gasteiger partial charge in [0.05, 0.1) is 18.5 Å². The second-order valence-corrected chi connectivity index (χ2v) is 8.50. The van der Waals surface area contributed by atoms with Crippen LogP contribution in [0.2, 0.25) is 0 Å². The Morgan fingerprint density at radius 1 is 1.38 bits per heavy atom. The van der Waals surface area contributed by atoms with E-state index in [-0.39, 0.29) is 11.5 Å². The third-order valence-electron chi connectivity index (χ3n) is 4.37. The van der Waals surface area contributed by atoms with Gasteiger partial charge in [-0.05, 0) is 38.3 Å². The van der Waals surface area contributed by atoms with Crippen LogP contribution in [0.4, 0.5) is 0 Å². The number of phenolic OH excluding ortho intramolecular Hbond substituents is 1. The van der Waals surface area contributed by atoms with Crippen LogP contribution in [0.5, 0.6) is 5.75 Å². The normalized spacial score (nSPS) is 22.0. The molecule has 0 radical (unpaired) electrons. The summed E-state index contributed by atoms with van der Waals surface area (Å²) in [5.74, 6) is 0.0929. The van der Waals surface area contributed by atoms with Crippen LogP contribution in [0.1, 0.15) is 32.3 Å². The van der Waals surface area contributed by atoms with E-state index in [1.54, 1.807) is 25.1 Å². The summed E-state index contributed by atoms with van der Waals surface area (Å²) in [6, 6.07) is 6.98. The van der Waals surface area contributed by atoms with Gasteiger partial charge >= 0.3 is 0 Å². The lowest BCUT2D eigenvalue weighted by Gasteiger charge is -2.18. The van der Waals surface area contributed by atoms with E-state index in [9.17, 15) is 23.7 Å². The topological polar surface area (TPSA) is 94.8 Å². The first kappa shape index (κ1) is 18.7. The van der Waals surface area contributed by atoms with Gasteiger partial charge in [-0.2, -0.15) is 0 Å². The van der Waals surface area contributed by atoms with E-state index in [0.717, 1.165) is 5.57 Å². The molecule has 1 heterocycles. The van der Waals surface area contributed by atoms with Gasteiger partial charge in [0, 0.05) is 5.56 Å². The molecule has 0 saturated carbocycles. The van der Waals surface area contributed by atoms with Crippen LogP contribution in [-0.2, 0) is 9.84 Å². The number of para-hydroxylation sites is 1. The average molecular weight is 352 g/mol. The molecular weight excluding hydrogens is 328 g/mol. The second-order valence-electron chi connectivity index (χ2n) is 6.32. The van der Waals surface area contributed by atoms with Gasteiger partial charge in [0.15, 0.2) is 9.84 Å². The van der Waals surface area contributed by atoms with Crippen LogP contribution in [0.3, 0.4) is 0 Å². The Hall–Kier alpha value is -1.63. The summed E-state index contributed by atoms with van der Waals surface area (Å²) in [5.41, 5.74) is 2.74. The highest BCUT2D eigenvalue weighted by Crippen LogP contribution is 2.31. The first-order valence-corrected chi connectivity index (χ1v) is 9.63. The van der Waals surface area contributed by atoms with Gasteiger partial charge in [-0.15, -0.1) is 0 Å². The number of phenols is 1. The Labute approximate surface area is 142 Å². The molecule has 0 saturated heterocycles. The van der Waals surface area contributed by atoms with Crippen LogP contribution in [0.25, 0.3) is 6.08 Å². The Kier molecular flexibility index (Phi) is 5.85. The first-order valence-electron chi connectivity index (χ1n) is 7.91. The van der Waals surface area contributed by atoms with Crippen molar-refractivity contribution in [2.45, 2.75) is 38.0 Å². The minimum atomic E-state index is -3.41. The number of allylic oxidation sites excluding steroid dienone is 1. The van der Waals surface area contributed by atoms with E-state index in [1.807, 2.05) is 19.1 Å². The number of aliphatic hydroxyl groups is 2. The van der Waals surface area contributed by atoms with Gasteiger partial charge in [-0.25, -0.2) is 8.42 Å². The van der Waals surface area contributed by atoms with Crippen molar-refractivity contribution in [2.24, 2.45) is 0 Å². The Balaban J connectivity index is 2.07. The number of rotatable bonds is 6. The van der Waals surface area contributed by atoms with Gasteiger partial charge in [-0.3, -0.25) is 0 Å². The first-order chi connectivity index (χ1) is 11.3. The Morgan fingerprint density at radius 2 is 2.04 bits per heavy atom. The van der Waals surface area contributed by atoms with Crippen LogP contribution >= 0.6 is 0 Å². The van der Waals surface area contributed by atoms with Crippen molar-refractivity contribution >= 4 is 15.9 Å². The van der Waals surface area contributed by atoms with Gasteiger partial charge in [0.25, 0.3) is 0 Å². The molecule has 0 aromatic heterocycles. The van der Waals surface area contributed by atoms with Gasteiger partial charge in [-0.1, -0.05) is 35.4 Å². The smallest absolute Gasteiger partial charge is 0.163 e. The van der Waals surface area contributed by atoms with Crippen molar-refractivity contribution in [2.75, 3.05) is 12.4 Å². The molecule has 2 rings (SSSR count). The Morgan fingerprint density at radius 3 is 2.67 bits per heavy atom. The maximum Gasteiger partial charge on any atom is 0.163 e. The lowest BCUT2D eigenvalue weighted by Crippen LogP contribution is -2.29. The molecule has 1 aliphatic rings. The van der Waals surface area contributed by atoms with Crippen molar-refractivity contribution < 1.29 is 23.7 Å². The maximum absolute atomic E-state index is 12.0. The number of hydrogen-bond acceptors (Lipinski definition) is 5. The number of hydrogen-bond donors (Lipinski definition) is 3. The van der Waals surface area contributed by atoms with E-state index >= 15 is 0 Å². The summed E-state index contributed by atoms with van der Waals surface area (Å²) in [6.45, 7) is 3.09. The van der Waals surface area contributed by atoms with Crippen LogP contribution < -0.4 is 0 Å². The third kappa shape index (κ3) is 4.06. The third-order valence-corrected chi connectivity index (χ3v) is 6.47. The molecule has 1 aliphatic heterocycles. The molecule has 132 valence electrons.